The quantitative estimate of drug-likeness (QED) is 0.376. The van der Waals surface area contributed by atoms with Gasteiger partial charge in [0, 0.05) is 38.9 Å². The van der Waals surface area contributed by atoms with E-state index in [9.17, 15) is 0 Å². The fourth-order valence-corrected chi connectivity index (χ4v) is 3.35. The Morgan fingerprint density at radius 1 is 1.26 bits per heavy atom. The van der Waals surface area contributed by atoms with Gasteiger partial charge in [0.15, 0.2) is 5.96 Å². The third-order valence-electron chi connectivity index (χ3n) is 4.77. The number of benzene rings is 1. The minimum Gasteiger partial charge on any atom is -0.373 e. The maximum Gasteiger partial charge on any atom is 0.191 e. The van der Waals surface area contributed by atoms with Gasteiger partial charge in [0.1, 0.15) is 0 Å². The highest BCUT2D eigenvalue weighted by atomic mass is 127. The van der Waals surface area contributed by atoms with Crippen molar-refractivity contribution >= 4 is 29.9 Å². The molecule has 1 aromatic heterocycles. The molecule has 2 unspecified atom stereocenters. The first kappa shape index (κ1) is 21.7. The van der Waals surface area contributed by atoms with Crippen LogP contribution in [0.4, 0.5) is 0 Å². The SMILES string of the molecule is CCNC(=NCc1ccnn1C)NCC1CCCOC1c1ccccc1.I. The first-order valence-electron chi connectivity index (χ1n) is 9.43. The zero-order chi connectivity index (χ0) is 18.2. The van der Waals surface area contributed by atoms with E-state index >= 15 is 0 Å². The van der Waals surface area contributed by atoms with Gasteiger partial charge in [0.25, 0.3) is 0 Å². The molecule has 7 heteroatoms. The molecule has 2 atom stereocenters. The number of nitrogens with one attached hydrogen (secondary N) is 2. The van der Waals surface area contributed by atoms with Gasteiger partial charge in [0.2, 0.25) is 0 Å². The third-order valence-corrected chi connectivity index (χ3v) is 4.77. The molecule has 1 aliphatic heterocycles. The molecule has 0 aliphatic carbocycles. The Labute approximate surface area is 178 Å². The van der Waals surface area contributed by atoms with Crippen LogP contribution in [0.2, 0.25) is 0 Å². The van der Waals surface area contributed by atoms with Gasteiger partial charge in [-0.2, -0.15) is 5.10 Å². The number of hydrogen-bond acceptors (Lipinski definition) is 3. The van der Waals surface area contributed by atoms with E-state index in [4.69, 9.17) is 9.73 Å². The van der Waals surface area contributed by atoms with Gasteiger partial charge in [-0.25, -0.2) is 4.99 Å². The number of rotatable bonds is 6. The second-order valence-electron chi connectivity index (χ2n) is 6.63. The summed E-state index contributed by atoms with van der Waals surface area (Å²) in [6, 6.07) is 12.5. The second kappa shape index (κ2) is 11.3. The lowest BCUT2D eigenvalue weighted by Crippen LogP contribution is -2.42. The number of ether oxygens (including phenoxy) is 1. The van der Waals surface area contributed by atoms with E-state index < -0.39 is 0 Å². The second-order valence-corrected chi connectivity index (χ2v) is 6.63. The Bertz CT molecular complexity index is 703. The van der Waals surface area contributed by atoms with Gasteiger partial charge in [0.05, 0.1) is 18.3 Å². The molecular formula is C20H30IN5O. The average Bonchev–Trinajstić information content (AvgIpc) is 3.10. The number of aliphatic imine (C=N–C) groups is 1. The molecule has 1 fully saturated rings. The van der Waals surface area contributed by atoms with E-state index in [0.717, 1.165) is 44.2 Å². The lowest BCUT2D eigenvalue weighted by molar-refractivity contribution is -0.0265. The minimum atomic E-state index is 0. The minimum absolute atomic E-state index is 0. The molecule has 148 valence electrons. The summed E-state index contributed by atoms with van der Waals surface area (Å²) in [5.74, 6) is 1.28. The fourth-order valence-electron chi connectivity index (χ4n) is 3.35. The van der Waals surface area contributed by atoms with Gasteiger partial charge >= 0.3 is 0 Å². The molecule has 1 aliphatic rings. The van der Waals surface area contributed by atoms with Crippen LogP contribution in [-0.2, 0) is 18.3 Å². The lowest BCUT2D eigenvalue weighted by Gasteiger charge is -2.32. The number of aryl methyl sites for hydroxylation is 1. The van der Waals surface area contributed by atoms with Crippen molar-refractivity contribution in [3.63, 3.8) is 0 Å². The van der Waals surface area contributed by atoms with Gasteiger partial charge < -0.3 is 15.4 Å². The Kier molecular flexibility index (Phi) is 9.06. The molecule has 2 heterocycles. The van der Waals surface area contributed by atoms with Crippen molar-refractivity contribution < 1.29 is 4.74 Å². The Balaban J connectivity index is 0.00000261. The van der Waals surface area contributed by atoms with E-state index in [2.05, 4.69) is 46.9 Å². The molecular weight excluding hydrogens is 453 g/mol. The van der Waals surface area contributed by atoms with Crippen molar-refractivity contribution in [1.29, 1.82) is 0 Å². The highest BCUT2D eigenvalue weighted by Gasteiger charge is 2.27. The van der Waals surface area contributed by atoms with Gasteiger partial charge in [-0.15, -0.1) is 24.0 Å². The topological polar surface area (TPSA) is 63.5 Å². The molecule has 6 nitrogen and oxygen atoms in total. The summed E-state index contributed by atoms with van der Waals surface area (Å²) in [6.07, 6.45) is 4.22. The Morgan fingerprint density at radius 3 is 2.78 bits per heavy atom. The summed E-state index contributed by atoms with van der Waals surface area (Å²) in [5, 5.41) is 11.0. The monoisotopic (exact) mass is 483 g/mol. The maximum atomic E-state index is 6.09. The summed E-state index contributed by atoms with van der Waals surface area (Å²) in [6.45, 7) is 5.20. The van der Waals surface area contributed by atoms with Crippen molar-refractivity contribution in [2.75, 3.05) is 19.7 Å². The molecule has 2 aromatic rings. The molecule has 1 saturated heterocycles. The van der Waals surface area contributed by atoms with Crippen LogP contribution in [0.5, 0.6) is 0 Å². The molecule has 0 amide bonds. The number of hydrogen-bond donors (Lipinski definition) is 2. The van der Waals surface area contributed by atoms with E-state index in [1.807, 2.05) is 23.9 Å². The summed E-state index contributed by atoms with van der Waals surface area (Å²) < 4.78 is 7.95. The smallest absolute Gasteiger partial charge is 0.191 e. The van der Waals surface area contributed by atoms with Gasteiger partial charge in [-0.05, 0) is 31.4 Å². The highest BCUT2D eigenvalue weighted by Crippen LogP contribution is 2.32. The van der Waals surface area contributed by atoms with E-state index in [1.165, 1.54) is 5.56 Å². The number of nitrogens with zero attached hydrogens (tertiary/aromatic N) is 3. The molecule has 3 rings (SSSR count). The summed E-state index contributed by atoms with van der Waals surface area (Å²) in [4.78, 5) is 4.69. The maximum absolute atomic E-state index is 6.09. The van der Waals surface area contributed by atoms with E-state index in [1.54, 1.807) is 6.20 Å². The lowest BCUT2D eigenvalue weighted by atomic mass is 9.89. The first-order valence-corrected chi connectivity index (χ1v) is 9.43. The Morgan fingerprint density at radius 2 is 2.07 bits per heavy atom. The predicted molar refractivity (Wildman–Crippen MR) is 119 cm³/mol. The molecule has 0 spiro atoms. The fraction of sp³-hybridized carbons (Fsp3) is 0.500. The summed E-state index contributed by atoms with van der Waals surface area (Å²) in [5.41, 5.74) is 2.35. The summed E-state index contributed by atoms with van der Waals surface area (Å²) >= 11 is 0. The average molecular weight is 483 g/mol. The normalized spacial score (nSPS) is 20.0. The molecule has 2 N–H and O–H groups in total. The summed E-state index contributed by atoms with van der Waals surface area (Å²) in [7, 11) is 1.94. The Hall–Kier alpha value is -1.61. The van der Waals surface area contributed by atoms with Crippen LogP contribution in [-0.4, -0.2) is 35.4 Å². The van der Waals surface area contributed by atoms with Crippen LogP contribution in [0, 0.1) is 5.92 Å². The number of halogens is 1. The van der Waals surface area contributed by atoms with Gasteiger partial charge in [-0.1, -0.05) is 30.3 Å². The van der Waals surface area contributed by atoms with Crippen LogP contribution in [0.3, 0.4) is 0 Å². The first-order chi connectivity index (χ1) is 12.8. The highest BCUT2D eigenvalue weighted by molar-refractivity contribution is 14.0. The molecule has 0 saturated carbocycles. The number of aromatic nitrogens is 2. The van der Waals surface area contributed by atoms with E-state index in [0.29, 0.717) is 12.5 Å². The number of guanidine groups is 1. The van der Waals surface area contributed by atoms with Crippen LogP contribution in [0.25, 0.3) is 0 Å². The molecule has 0 radical (unpaired) electrons. The predicted octanol–water partition coefficient (Wildman–Crippen LogP) is 3.26. The standard InChI is InChI=1S/C20H29N5O.HI/c1-3-21-20(23-15-18-11-12-24-25(18)2)22-14-17-10-7-13-26-19(17)16-8-5-4-6-9-16;/h4-6,8-9,11-12,17,19H,3,7,10,13-15H2,1-2H3,(H2,21,22,23);1H. The molecule has 27 heavy (non-hydrogen) atoms. The molecule has 0 bridgehead atoms. The van der Waals surface area contributed by atoms with Crippen LogP contribution in [0.15, 0.2) is 47.6 Å². The van der Waals surface area contributed by atoms with E-state index in [-0.39, 0.29) is 30.1 Å². The van der Waals surface area contributed by atoms with Gasteiger partial charge in [-0.3, -0.25) is 4.68 Å². The zero-order valence-corrected chi connectivity index (χ0v) is 18.4. The third kappa shape index (κ3) is 6.21. The van der Waals surface area contributed by atoms with Crippen molar-refractivity contribution in [1.82, 2.24) is 20.4 Å². The van der Waals surface area contributed by atoms with Crippen molar-refractivity contribution in [3.8, 4) is 0 Å². The van der Waals surface area contributed by atoms with Crippen molar-refractivity contribution in [2.45, 2.75) is 32.4 Å². The van der Waals surface area contributed by atoms with Crippen LogP contribution >= 0.6 is 24.0 Å². The van der Waals surface area contributed by atoms with Crippen molar-refractivity contribution in [3.05, 3.63) is 53.9 Å². The van der Waals surface area contributed by atoms with Crippen molar-refractivity contribution in [2.24, 2.45) is 18.0 Å². The van der Waals surface area contributed by atoms with Crippen LogP contribution in [0.1, 0.15) is 37.1 Å². The zero-order valence-electron chi connectivity index (χ0n) is 16.1. The van der Waals surface area contributed by atoms with Crippen LogP contribution < -0.4 is 10.6 Å². The largest absolute Gasteiger partial charge is 0.373 e. The molecule has 1 aromatic carbocycles.